The lowest BCUT2D eigenvalue weighted by Crippen LogP contribution is -2.32. The molecule has 3 aromatic rings. The fourth-order valence-electron chi connectivity index (χ4n) is 2.45. The van der Waals surface area contributed by atoms with Crippen molar-refractivity contribution in [3.63, 3.8) is 0 Å². The lowest BCUT2D eigenvalue weighted by molar-refractivity contribution is -0.136. The van der Waals surface area contributed by atoms with E-state index in [-0.39, 0.29) is 5.75 Å². The summed E-state index contributed by atoms with van der Waals surface area (Å²) in [5, 5.41) is 18.0. The van der Waals surface area contributed by atoms with E-state index in [1.807, 2.05) is 43.3 Å². The number of phenolic OH excluding ortho intramolecular Hbond substituents is 1. The van der Waals surface area contributed by atoms with Gasteiger partial charge >= 0.3 is 11.8 Å². The molecule has 0 saturated carbocycles. The zero-order chi connectivity index (χ0) is 18.5. The molecule has 0 aliphatic rings. The Kier molecular flexibility index (Phi) is 4.94. The summed E-state index contributed by atoms with van der Waals surface area (Å²) in [6.07, 6.45) is 1.31. The van der Waals surface area contributed by atoms with Crippen LogP contribution >= 0.6 is 0 Å². The van der Waals surface area contributed by atoms with Gasteiger partial charge in [0.25, 0.3) is 0 Å². The second kappa shape index (κ2) is 7.48. The fraction of sp³-hybridized carbons (Fsp3) is 0.0500. The number of nitrogens with zero attached hydrogens (tertiary/aromatic N) is 1. The third-order valence-corrected chi connectivity index (χ3v) is 3.82. The monoisotopic (exact) mass is 347 g/mol. The molecule has 0 atom stereocenters. The Hall–Kier alpha value is -3.67. The molecule has 0 radical (unpaired) electrons. The number of hydrogen-bond donors (Lipinski definition) is 3. The average molecular weight is 347 g/mol. The molecule has 3 N–H and O–H groups in total. The van der Waals surface area contributed by atoms with Crippen LogP contribution in [0.5, 0.6) is 5.75 Å². The summed E-state index contributed by atoms with van der Waals surface area (Å²) in [5.74, 6) is -1.69. The minimum Gasteiger partial charge on any atom is -0.507 e. The normalized spacial score (nSPS) is 10.8. The molecule has 0 heterocycles. The molecule has 2 amide bonds. The summed E-state index contributed by atoms with van der Waals surface area (Å²) in [6.45, 7) is 1.93. The van der Waals surface area contributed by atoms with Gasteiger partial charge in [0.1, 0.15) is 5.75 Å². The minimum atomic E-state index is -0.901. The molecule has 6 heteroatoms. The first-order valence-electron chi connectivity index (χ1n) is 7.96. The van der Waals surface area contributed by atoms with Gasteiger partial charge in [0.15, 0.2) is 0 Å². The van der Waals surface area contributed by atoms with Crippen molar-refractivity contribution < 1.29 is 14.7 Å². The highest BCUT2D eigenvalue weighted by Gasteiger charge is 2.13. The highest BCUT2D eigenvalue weighted by atomic mass is 16.3. The molecule has 0 aromatic heterocycles. The van der Waals surface area contributed by atoms with Gasteiger partial charge in [-0.3, -0.25) is 9.59 Å². The molecular formula is C20H17N3O3. The molecule has 0 saturated heterocycles. The van der Waals surface area contributed by atoms with Gasteiger partial charge in [0.2, 0.25) is 0 Å². The topological polar surface area (TPSA) is 90.8 Å². The van der Waals surface area contributed by atoms with Crippen LogP contribution in [0.4, 0.5) is 5.69 Å². The number of benzene rings is 3. The van der Waals surface area contributed by atoms with E-state index >= 15 is 0 Å². The highest BCUT2D eigenvalue weighted by Crippen LogP contribution is 2.25. The number of fused-ring (bicyclic) bond motifs is 1. The molecule has 0 bridgehead atoms. The zero-order valence-electron chi connectivity index (χ0n) is 14.1. The van der Waals surface area contributed by atoms with Crippen molar-refractivity contribution in [2.75, 3.05) is 5.32 Å². The molecular weight excluding hydrogens is 330 g/mol. The van der Waals surface area contributed by atoms with E-state index in [9.17, 15) is 14.7 Å². The van der Waals surface area contributed by atoms with Gasteiger partial charge in [-0.05, 0) is 35.9 Å². The molecule has 130 valence electrons. The molecule has 0 spiro atoms. The number of rotatable bonds is 3. The van der Waals surface area contributed by atoms with Crippen molar-refractivity contribution in [2.45, 2.75) is 6.92 Å². The van der Waals surface area contributed by atoms with E-state index in [1.54, 1.807) is 24.3 Å². The quantitative estimate of drug-likeness (QED) is 0.386. The van der Waals surface area contributed by atoms with Crippen LogP contribution in [-0.4, -0.2) is 23.1 Å². The maximum Gasteiger partial charge on any atom is 0.329 e. The first kappa shape index (κ1) is 17.2. The summed E-state index contributed by atoms with van der Waals surface area (Å²) in [4.78, 5) is 23.7. The fourth-order valence-corrected chi connectivity index (χ4v) is 2.45. The molecule has 0 aliphatic heterocycles. The summed E-state index contributed by atoms with van der Waals surface area (Å²) in [5.41, 5.74) is 4.19. The largest absolute Gasteiger partial charge is 0.507 e. The predicted octanol–water partition coefficient (Wildman–Crippen LogP) is 2.94. The van der Waals surface area contributed by atoms with Crippen molar-refractivity contribution in [3.8, 4) is 5.75 Å². The summed E-state index contributed by atoms with van der Waals surface area (Å²) >= 11 is 0. The number of nitrogens with one attached hydrogen (secondary N) is 2. The summed E-state index contributed by atoms with van der Waals surface area (Å²) < 4.78 is 0. The maximum atomic E-state index is 11.9. The van der Waals surface area contributed by atoms with Gasteiger partial charge in [-0.15, -0.1) is 0 Å². The van der Waals surface area contributed by atoms with Gasteiger partial charge in [0.05, 0.1) is 6.21 Å². The molecule has 0 fully saturated rings. The number of hydrazone groups is 1. The van der Waals surface area contributed by atoms with Gasteiger partial charge < -0.3 is 10.4 Å². The number of phenols is 1. The van der Waals surface area contributed by atoms with Crippen LogP contribution in [0.25, 0.3) is 10.8 Å². The van der Waals surface area contributed by atoms with Gasteiger partial charge in [-0.2, -0.15) is 5.10 Å². The van der Waals surface area contributed by atoms with Crippen molar-refractivity contribution in [2.24, 2.45) is 5.10 Å². The molecule has 26 heavy (non-hydrogen) atoms. The van der Waals surface area contributed by atoms with Crippen LogP contribution in [0.15, 0.2) is 65.8 Å². The Balaban J connectivity index is 1.68. The number of carbonyl (C=O) groups excluding carboxylic acids is 2. The smallest absolute Gasteiger partial charge is 0.329 e. The van der Waals surface area contributed by atoms with Crippen LogP contribution in [0, 0.1) is 6.92 Å². The van der Waals surface area contributed by atoms with E-state index in [0.717, 1.165) is 16.3 Å². The number of amides is 2. The average Bonchev–Trinajstić information content (AvgIpc) is 2.65. The highest BCUT2D eigenvalue weighted by molar-refractivity contribution is 6.39. The molecule has 3 rings (SSSR count). The number of carbonyl (C=O) groups is 2. The van der Waals surface area contributed by atoms with Crippen LogP contribution in [0.2, 0.25) is 0 Å². The van der Waals surface area contributed by atoms with Crippen LogP contribution in [0.3, 0.4) is 0 Å². The predicted molar refractivity (Wildman–Crippen MR) is 101 cm³/mol. The Bertz CT molecular complexity index is 995. The number of aromatic hydroxyl groups is 1. The van der Waals surface area contributed by atoms with Gasteiger partial charge in [0, 0.05) is 11.3 Å². The third-order valence-electron chi connectivity index (χ3n) is 3.82. The third kappa shape index (κ3) is 3.87. The van der Waals surface area contributed by atoms with Crippen LogP contribution in [0.1, 0.15) is 11.1 Å². The Labute approximate surface area is 150 Å². The Morgan fingerprint density at radius 3 is 2.46 bits per heavy atom. The first-order valence-corrected chi connectivity index (χ1v) is 7.96. The second-order valence-corrected chi connectivity index (χ2v) is 5.74. The molecule has 0 aliphatic carbocycles. The molecule has 3 aromatic carbocycles. The SMILES string of the molecule is Cc1ccc(NC(=O)C(=O)N/N=C/c2c(O)ccc3ccccc23)cc1. The van der Waals surface area contributed by atoms with Crippen molar-refractivity contribution in [1.82, 2.24) is 5.43 Å². The lowest BCUT2D eigenvalue weighted by Gasteiger charge is -2.05. The van der Waals surface area contributed by atoms with Gasteiger partial charge in [-0.1, -0.05) is 48.0 Å². The van der Waals surface area contributed by atoms with E-state index in [2.05, 4.69) is 15.8 Å². The molecule has 6 nitrogen and oxygen atoms in total. The Morgan fingerprint density at radius 2 is 1.69 bits per heavy atom. The van der Waals surface area contributed by atoms with E-state index in [0.29, 0.717) is 11.3 Å². The number of aryl methyl sites for hydroxylation is 1. The van der Waals surface area contributed by atoms with E-state index < -0.39 is 11.8 Å². The van der Waals surface area contributed by atoms with Crippen molar-refractivity contribution in [1.29, 1.82) is 0 Å². The van der Waals surface area contributed by atoms with Crippen LogP contribution in [-0.2, 0) is 9.59 Å². The van der Waals surface area contributed by atoms with E-state index in [4.69, 9.17) is 0 Å². The zero-order valence-corrected chi connectivity index (χ0v) is 14.1. The van der Waals surface area contributed by atoms with Gasteiger partial charge in [-0.25, -0.2) is 5.43 Å². The standard InChI is InChI=1S/C20H17N3O3/c1-13-6-9-15(10-7-13)22-19(25)20(26)23-21-12-17-16-5-3-2-4-14(16)8-11-18(17)24/h2-12,24H,1H3,(H,22,25)(H,23,26)/b21-12+. The number of anilines is 1. The van der Waals surface area contributed by atoms with Crippen molar-refractivity contribution in [3.05, 3.63) is 71.8 Å². The Morgan fingerprint density at radius 1 is 0.962 bits per heavy atom. The second-order valence-electron chi connectivity index (χ2n) is 5.74. The summed E-state index contributed by atoms with van der Waals surface area (Å²) in [7, 11) is 0. The van der Waals surface area contributed by atoms with E-state index in [1.165, 1.54) is 6.21 Å². The molecule has 0 unspecified atom stereocenters. The van der Waals surface area contributed by atoms with Crippen molar-refractivity contribution >= 4 is 34.5 Å². The maximum absolute atomic E-state index is 11.9. The first-order chi connectivity index (χ1) is 12.5. The number of hydrogen-bond acceptors (Lipinski definition) is 4. The minimum absolute atomic E-state index is 0.0332. The lowest BCUT2D eigenvalue weighted by atomic mass is 10.0. The summed E-state index contributed by atoms with van der Waals surface area (Å²) in [6, 6.07) is 17.9. The van der Waals surface area contributed by atoms with Crippen LogP contribution < -0.4 is 10.7 Å².